The maximum atomic E-state index is 13.4. The fourth-order valence-corrected chi connectivity index (χ4v) is 2.49. The lowest BCUT2D eigenvalue weighted by atomic mass is 10.1. The van der Waals surface area contributed by atoms with E-state index in [9.17, 15) is 9.18 Å². The molecule has 0 spiro atoms. The molecule has 1 aromatic carbocycles. The Balaban J connectivity index is 1.92. The zero-order chi connectivity index (χ0) is 13.6. The highest BCUT2D eigenvalue weighted by Crippen LogP contribution is 2.39. The number of nitrogens with one attached hydrogen (secondary N) is 1. The fourth-order valence-electron chi connectivity index (χ4n) is 1.62. The summed E-state index contributed by atoms with van der Waals surface area (Å²) in [7, 11) is 0. The smallest absolute Gasteiger partial charge is 0.263 e. The molecule has 0 aliphatic carbocycles. The third-order valence-corrected chi connectivity index (χ3v) is 3.58. The fraction of sp³-hybridized carbons (Fsp3) is 0.333. The third kappa shape index (κ3) is 2.21. The van der Waals surface area contributed by atoms with Gasteiger partial charge in [0.15, 0.2) is 22.3 Å². The van der Waals surface area contributed by atoms with Gasteiger partial charge in [-0.05, 0) is 13.8 Å². The van der Waals surface area contributed by atoms with E-state index in [4.69, 9.17) is 9.47 Å². The van der Waals surface area contributed by atoms with E-state index < -0.39 is 11.6 Å². The molecule has 0 saturated heterocycles. The number of thiazole rings is 1. The van der Waals surface area contributed by atoms with Crippen LogP contribution in [0, 0.1) is 0 Å². The summed E-state index contributed by atoms with van der Waals surface area (Å²) in [4.78, 5) is 15.8. The topological polar surface area (TPSA) is 60.5 Å². The van der Waals surface area contributed by atoms with Crippen molar-refractivity contribution in [2.45, 2.75) is 19.5 Å². The van der Waals surface area contributed by atoms with Crippen LogP contribution in [0.3, 0.4) is 0 Å². The van der Waals surface area contributed by atoms with E-state index in [2.05, 4.69) is 10.3 Å². The van der Waals surface area contributed by atoms with Gasteiger partial charge in [-0.2, -0.15) is 0 Å². The van der Waals surface area contributed by atoms with Crippen LogP contribution in [-0.2, 0) is 4.79 Å². The van der Waals surface area contributed by atoms with Crippen molar-refractivity contribution in [3.05, 3.63) is 12.1 Å². The highest BCUT2D eigenvalue weighted by atomic mass is 32.1. The van der Waals surface area contributed by atoms with E-state index in [1.165, 1.54) is 25.2 Å². The first-order valence-electron chi connectivity index (χ1n) is 5.64. The summed E-state index contributed by atoms with van der Waals surface area (Å²) < 4.78 is 24.8. The van der Waals surface area contributed by atoms with Gasteiger partial charge < -0.3 is 9.47 Å². The number of halogens is 1. The average molecular weight is 282 g/mol. The van der Waals surface area contributed by atoms with Crippen LogP contribution in [0.25, 0.3) is 10.2 Å². The molecule has 0 fully saturated rings. The van der Waals surface area contributed by atoms with Gasteiger partial charge in [-0.25, -0.2) is 9.37 Å². The van der Waals surface area contributed by atoms with Crippen LogP contribution in [0.2, 0.25) is 0 Å². The van der Waals surface area contributed by atoms with Crippen LogP contribution in [0.1, 0.15) is 13.8 Å². The quantitative estimate of drug-likeness (QED) is 0.920. The van der Waals surface area contributed by atoms with Crippen LogP contribution < -0.4 is 14.8 Å². The van der Waals surface area contributed by atoms with Gasteiger partial charge in [0, 0.05) is 12.1 Å². The number of hydrogen-bond donors (Lipinski definition) is 1. The van der Waals surface area contributed by atoms with Crippen molar-refractivity contribution in [3.63, 3.8) is 0 Å². The van der Waals surface area contributed by atoms with Gasteiger partial charge in [0.25, 0.3) is 5.91 Å². The van der Waals surface area contributed by atoms with Crippen molar-refractivity contribution in [1.82, 2.24) is 4.98 Å². The van der Waals surface area contributed by atoms with E-state index in [0.29, 0.717) is 22.1 Å². The third-order valence-electron chi connectivity index (χ3n) is 2.64. The molecule has 0 radical (unpaired) electrons. The molecule has 0 bridgehead atoms. The second kappa shape index (κ2) is 4.06. The van der Waals surface area contributed by atoms with Gasteiger partial charge in [0.05, 0.1) is 10.2 Å². The second-order valence-electron chi connectivity index (χ2n) is 4.62. The van der Waals surface area contributed by atoms with E-state index in [1.54, 1.807) is 12.1 Å². The van der Waals surface area contributed by atoms with Crippen LogP contribution in [0.15, 0.2) is 12.1 Å². The van der Waals surface area contributed by atoms with Crippen LogP contribution in [-0.4, -0.2) is 23.4 Å². The Morgan fingerprint density at radius 2 is 2.11 bits per heavy atom. The summed E-state index contributed by atoms with van der Waals surface area (Å²) in [5, 5.41) is 2.81. The van der Waals surface area contributed by atoms with Crippen molar-refractivity contribution < 1.29 is 18.7 Å². The standard InChI is InChI=1S/C12H11FN2O3S/c1-12(2,13)10(16)15-11-14-6-3-7-8(18-5-17-7)4-9(6)19-11/h3-4H,5H2,1-2H3,(H,14,15,16). The molecule has 100 valence electrons. The van der Waals surface area contributed by atoms with E-state index in [1.807, 2.05) is 0 Å². The zero-order valence-electron chi connectivity index (χ0n) is 10.3. The van der Waals surface area contributed by atoms with E-state index >= 15 is 0 Å². The molecule has 2 aromatic rings. The summed E-state index contributed by atoms with van der Waals surface area (Å²) in [5.41, 5.74) is -1.26. The van der Waals surface area contributed by atoms with Crippen molar-refractivity contribution in [1.29, 1.82) is 0 Å². The number of hydrogen-bond acceptors (Lipinski definition) is 5. The number of aromatic nitrogens is 1. The first kappa shape index (κ1) is 12.2. The summed E-state index contributed by atoms with van der Waals surface area (Å²) >= 11 is 1.26. The first-order chi connectivity index (χ1) is 8.93. The number of carbonyl (C=O) groups excluding carboxylic acids is 1. The zero-order valence-corrected chi connectivity index (χ0v) is 11.1. The predicted molar refractivity (Wildman–Crippen MR) is 69.6 cm³/mol. The first-order valence-corrected chi connectivity index (χ1v) is 6.46. The summed E-state index contributed by atoms with van der Waals surface area (Å²) in [6.07, 6.45) is 0. The Kier molecular flexibility index (Phi) is 2.60. The molecule has 7 heteroatoms. The van der Waals surface area contributed by atoms with Crippen LogP contribution in [0.4, 0.5) is 9.52 Å². The molecule has 1 amide bonds. The minimum atomic E-state index is -1.94. The van der Waals surface area contributed by atoms with Crippen molar-refractivity contribution in [3.8, 4) is 11.5 Å². The van der Waals surface area contributed by atoms with Gasteiger partial charge in [-0.3, -0.25) is 10.1 Å². The Labute approximate surface area is 112 Å². The Bertz CT molecular complexity index is 622. The highest BCUT2D eigenvalue weighted by molar-refractivity contribution is 7.22. The maximum absolute atomic E-state index is 13.4. The molecule has 1 N–H and O–H groups in total. The molecule has 1 aliphatic heterocycles. The summed E-state index contributed by atoms with van der Waals surface area (Å²) in [5.74, 6) is 0.563. The van der Waals surface area contributed by atoms with E-state index in [-0.39, 0.29) is 6.79 Å². The summed E-state index contributed by atoms with van der Waals surface area (Å²) in [6, 6.07) is 3.54. The molecule has 19 heavy (non-hydrogen) atoms. The lowest BCUT2D eigenvalue weighted by molar-refractivity contribution is -0.125. The summed E-state index contributed by atoms with van der Waals surface area (Å²) in [6.45, 7) is 2.60. The number of alkyl halides is 1. The molecule has 2 heterocycles. The second-order valence-corrected chi connectivity index (χ2v) is 5.65. The van der Waals surface area contributed by atoms with Gasteiger partial charge in [-0.1, -0.05) is 11.3 Å². The SMILES string of the molecule is CC(C)(F)C(=O)Nc1nc2cc3c(cc2s1)OCO3. The van der Waals surface area contributed by atoms with Crippen molar-refractivity contribution in [2.75, 3.05) is 12.1 Å². The molecule has 1 aromatic heterocycles. The van der Waals surface area contributed by atoms with E-state index in [0.717, 1.165) is 4.70 Å². The highest BCUT2D eigenvalue weighted by Gasteiger charge is 2.27. The molecule has 0 unspecified atom stereocenters. The molecule has 5 nitrogen and oxygen atoms in total. The molecular formula is C12H11FN2O3S. The molecular weight excluding hydrogens is 271 g/mol. The number of nitrogens with zero attached hydrogens (tertiary/aromatic N) is 1. The van der Waals surface area contributed by atoms with Gasteiger partial charge in [-0.15, -0.1) is 0 Å². The average Bonchev–Trinajstić information content (AvgIpc) is 2.88. The number of fused-ring (bicyclic) bond motifs is 2. The molecule has 0 saturated carbocycles. The number of benzene rings is 1. The predicted octanol–water partition coefficient (Wildman–Crippen LogP) is 2.71. The number of ether oxygens (including phenoxy) is 2. The lowest BCUT2D eigenvalue weighted by Crippen LogP contribution is -2.32. The normalized spacial score (nSPS) is 13.8. The number of rotatable bonds is 2. The number of anilines is 1. The molecule has 1 aliphatic rings. The monoisotopic (exact) mass is 282 g/mol. The van der Waals surface area contributed by atoms with Crippen LogP contribution in [0.5, 0.6) is 11.5 Å². The minimum Gasteiger partial charge on any atom is -0.454 e. The molecule has 0 atom stereocenters. The maximum Gasteiger partial charge on any atom is 0.263 e. The Morgan fingerprint density at radius 3 is 2.79 bits per heavy atom. The van der Waals surface area contributed by atoms with Gasteiger partial charge in [0.2, 0.25) is 6.79 Å². The molecule has 3 rings (SSSR count). The largest absolute Gasteiger partial charge is 0.454 e. The van der Waals surface area contributed by atoms with Crippen LogP contribution >= 0.6 is 11.3 Å². The van der Waals surface area contributed by atoms with Crippen molar-refractivity contribution >= 4 is 32.6 Å². The number of amides is 1. The van der Waals surface area contributed by atoms with Gasteiger partial charge >= 0.3 is 0 Å². The minimum absolute atomic E-state index is 0.201. The number of carbonyl (C=O) groups is 1. The van der Waals surface area contributed by atoms with Gasteiger partial charge in [0.1, 0.15) is 0 Å². The van der Waals surface area contributed by atoms with Crippen molar-refractivity contribution in [2.24, 2.45) is 0 Å². The Morgan fingerprint density at radius 1 is 1.42 bits per heavy atom. The lowest BCUT2D eigenvalue weighted by Gasteiger charge is -2.11. The Hall–Kier alpha value is -1.89.